The molecule has 0 aromatic carbocycles. The highest BCUT2D eigenvalue weighted by atomic mass is 16.5. The third kappa shape index (κ3) is 6.54. The summed E-state index contributed by atoms with van der Waals surface area (Å²) in [6.45, 7) is 8.43. The van der Waals surface area contributed by atoms with Crippen molar-refractivity contribution in [1.29, 1.82) is 0 Å². The third-order valence-corrected chi connectivity index (χ3v) is 17.4. The highest BCUT2D eigenvalue weighted by Gasteiger charge is 2.75. The van der Waals surface area contributed by atoms with E-state index in [0.29, 0.717) is 49.5 Å². The van der Waals surface area contributed by atoms with E-state index in [2.05, 4.69) is 36.6 Å². The maximum atomic E-state index is 15.2. The van der Waals surface area contributed by atoms with Crippen molar-refractivity contribution in [1.82, 2.24) is 10.6 Å². The summed E-state index contributed by atoms with van der Waals surface area (Å²) < 4.78 is 6.63. The van der Waals surface area contributed by atoms with Crippen molar-refractivity contribution >= 4 is 5.78 Å². The van der Waals surface area contributed by atoms with Crippen LogP contribution in [0.3, 0.4) is 0 Å². The summed E-state index contributed by atoms with van der Waals surface area (Å²) in [5, 5.41) is 80.0. The van der Waals surface area contributed by atoms with Crippen LogP contribution in [0, 0.1) is 52.3 Å². The Hall–Kier alpha value is -2.09. The largest absolute Gasteiger partial charge is 0.392 e. The molecule has 1 unspecified atom stereocenters. The fourth-order valence-electron chi connectivity index (χ4n) is 14.6. The molecule has 8 aliphatic rings. The molecular formula is C47H73N3O8. The van der Waals surface area contributed by atoms with E-state index < -0.39 is 63.9 Å². The molecule has 11 heteroatoms. The van der Waals surface area contributed by atoms with Crippen molar-refractivity contribution in [2.24, 2.45) is 58.0 Å². The van der Waals surface area contributed by atoms with Gasteiger partial charge in [0.25, 0.3) is 0 Å². The quantitative estimate of drug-likeness (QED) is 0.107. The van der Waals surface area contributed by atoms with E-state index in [1.54, 1.807) is 13.8 Å². The van der Waals surface area contributed by atoms with E-state index in [9.17, 15) is 30.6 Å². The van der Waals surface area contributed by atoms with Crippen molar-refractivity contribution in [3.63, 3.8) is 0 Å². The third-order valence-electron chi connectivity index (χ3n) is 17.4. The zero-order valence-corrected chi connectivity index (χ0v) is 35.4. The van der Waals surface area contributed by atoms with Gasteiger partial charge in [0.05, 0.1) is 54.1 Å². The SMILES string of the molecule is CCCCCC[C@@H]1CO[C@@H]2[C@H]1CCCC[C@]2(O)[C@](C)(O)[C@H]1CC[C@@]2(O)C3=C(NC[C@H](C)O)C(=O)[C@@H]4C[C@@H](O)[C@@H](O)C[C@@]45C[C@@H](C4=CNC(N)C=C4)C=C[C@H](C[C@]12C)[C@@H]35. The molecule has 17 atom stereocenters. The maximum absolute atomic E-state index is 15.2. The van der Waals surface area contributed by atoms with E-state index in [0.717, 1.165) is 37.7 Å². The first-order valence-corrected chi connectivity index (χ1v) is 23.0. The number of dihydropyridines is 1. The highest BCUT2D eigenvalue weighted by molar-refractivity contribution is 6.00. The second-order valence-corrected chi connectivity index (χ2v) is 20.7. The molecule has 11 nitrogen and oxygen atoms in total. The molecule has 2 aliphatic heterocycles. The Kier molecular flexibility index (Phi) is 11.5. The van der Waals surface area contributed by atoms with Gasteiger partial charge in [0.1, 0.15) is 5.60 Å². The lowest BCUT2D eigenvalue weighted by molar-refractivity contribution is -0.250. The zero-order valence-electron chi connectivity index (χ0n) is 35.4. The number of aliphatic hydroxyl groups is 6. The molecule has 4 saturated carbocycles. The van der Waals surface area contributed by atoms with Gasteiger partial charge in [0.15, 0.2) is 5.78 Å². The number of nitrogens with two attached hydrogens (primary N) is 1. The van der Waals surface area contributed by atoms with E-state index >= 15 is 4.79 Å². The Morgan fingerprint density at radius 2 is 1.84 bits per heavy atom. The van der Waals surface area contributed by atoms with Crippen LogP contribution >= 0.6 is 0 Å². The van der Waals surface area contributed by atoms with Crippen LogP contribution in [0.2, 0.25) is 0 Å². The lowest BCUT2D eigenvalue weighted by atomic mass is 9.41. The van der Waals surface area contributed by atoms with Gasteiger partial charge in [-0.3, -0.25) is 4.79 Å². The molecule has 8 rings (SSSR count). The predicted octanol–water partition coefficient (Wildman–Crippen LogP) is 4.26. The van der Waals surface area contributed by atoms with Crippen LogP contribution < -0.4 is 16.4 Å². The molecule has 2 heterocycles. The summed E-state index contributed by atoms with van der Waals surface area (Å²) in [6, 6.07) is 0. The number of ether oxygens (including phenoxy) is 1. The lowest BCUT2D eigenvalue weighted by Gasteiger charge is -2.64. The lowest BCUT2D eigenvalue weighted by Crippen LogP contribution is -2.69. The zero-order chi connectivity index (χ0) is 41.4. The fraction of sp³-hybridized carbons (Fsp3) is 0.809. The number of ketones is 1. The summed E-state index contributed by atoms with van der Waals surface area (Å²) in [7, 11) is 0. The van der Waals surface area contributed by atoms with Crippen LogP contribution in [0.1, 0.15) is 124 Å². The molecule has 10 N–H and O–H groups in total. The van der Waals surface area contributed by atoms with Crippen molar-refractivity contribution in [3.8, 4) is 0 Å². The molecule has 1 spiro atoms. The van der Waals surface area contributed by atoms with Gasteiger partial charge in [-0.25, -0.2) is 0 Å². The van der Waals surface area contributed by atoms with Gasteiger partial charge in [-0.2, -0.15) is 0 Å². The number of rotatable bonds is 11. The van der Waals surface area contributed by atoms with Gasteiger partial charge < -0.3 is 51.7 Å². The Morgan fingerprint density at radius 1 is 1.05 bits per heavy atom. The predicted molar refractivity (Wildman–Crippen MR) is 221 cm³/mol. The number of unbranched alkanes of at least 4 members (excludes halogenated alkanes) is 3. The molecule has 0 radical (unpaired) electrons. The molecule has 1 saturated heterocycles. The molecule has 5 fully saturated rings. The normalized spacial score (nSPS) is 47.4. The molecule has 324 valence electrons. The summed E-state index contributed by atoms with van der Waals surface area (Å²) >= 11 is 0. The van der Waals surface area contributed by atoms with Crippen LogP contribution in [0.5, 0.6) is 0 Å². The van der Waals surface area contributed by atoms with E-state index in [-0.39, 0.29) is 61.4 Å². The second kappa shape index (κ2) is 15.7. The van der Waals surface area contributed by atoms with Crippen LogP contribution in [0.4, 0.5) is 0 Å². The van der Waals surface area contributed by atoms with E-state index in [1.165, 1.54) is 19.3 Å². The van der Waals surface area contributed by atoms with E-state index in [4.69, 9.17) is 10.5 Å². The molecule has 0 aromatic heterocycles. The van der Waals surface area contributed by atoms with Crippen molar-refractivity contribution in [2.45, 2.75) is 171 Å². The second-order valence-electron chi connectivity index (χ2n) is 20.7. The molecule has 0 aromatic rings. The number of carbonyl (C=O) groups is 1. The summed E-state index contributed by atoms with van der Waals surface area (Å²) in [5.41, 5.74) is 1.57. The van der Waals surface area contributed by atoms with Crippen LogP contribution in [-0.2, 0) is 9.53 Å². The standard InChI is InChI=1S/C47H73N3O8/c1-5-6-7-8-11-31-26-58-42-32(31)12-9-10-18-47(42,57)44(4,55)36-17-19-46(56)39-38-29(21-43(36,46)3)14-13-28(30-15-16-37(48)49-25-30)22-45(38)23-35(53)34(52)20-33(45)41(54)40(39)50-24-27(2)51/h13-16,25,27-29,31-38,42,49-53,55-57H,5-12,17-24,26,48H2,1-4H3/t27-,28-,29+,31+,32-,33-,34+,35-,36-,37?,38-,42+,43+,44+,45-,46+,47+/m0/s1. The average molecular weight is 808 g/mol. The maximum Gasteiger partial charge on any atom is 0.182 e. The van der Waals surface area contributed by atoms with Crippen LogP contribution in [0.15, 0.2) is 47.3 Å². The minimum Gasteiger partial charge on any atom is -0.392 e. The number of hydrogen-bond acceptors (Lipinski definition) is 11. The summed E-state index contributed by atoms with van der Waals surface area (Å²) in [5.74, 6) is -1.58. The molecule has 0 bridgehead atoms. The fourth-order valence-corrected chi connectivity index (χ4v) is 14.6. The van der Waals surface area contributed by atoms with Crippen molar-refractivity contribution in [2.75, 3.05) is 13.2 Å². The number of allylic oxidation sites excluding steroid dienone is 5. The monoisotopic (exact) mass is 808 g/mol. The van der Waals surface area contributed by atoms with Gasteiger partial charge in [-0.05, 0) is 124 Å². The Balaban J connectivity index is 1.23. The first-order valence-electron chi connectivity index (χ1n) is 23.0. The van der Waals surface area contributed by atoms with Gasteiger partial charge in [-0.1, -0.05) is 70.6 Å². The first-order chi connectivity index (χ1) is 27.5. The number of nitrogens with one attached hydrogen (secondary N) is 2. The van der Waals surface area contributed by atoms with Gasteiger partial charge in [0.2, 0.25) is 0 Å². The molecular weight excluding hydrogens is 735 g/mol. The summed E-state index contributed by atoms with van der Waals surface area (Å²) in [4.78, 5) is 15.2. The van der Waals surface area contributed by atoms with Crippen LogP contribution in [-0.4, -0.2) is 97.0 Å². The average Bonchev–Trinajstić information content (AvgIpc) is 3.59. The Morgan fingerprint density at radius 3 is 2.57 bits per heavy atom. The molecule has 6 aliphatic carbocycles. The highest BCUT2D eigenvalue weighted by Crippen LogP contribution is 2.73. The minimum absolute atomic E-state index is 0.0998. The molecule has 58 heavy (non-hydrogen) atoms. The number of hydrogen-bond donors (Lipinski definition) is 9. The van der Waals surface area contributed by atoms with Crippen molar-refractivity contribution < 1.29 is 40.2 Å². The summed E-state index contributed by atoms with van der Waals surface area (Å²) in [6.07, 6.45) is 17.6. The minimum atomic E-state index is -1.64. The number of Topliss-reactive ketones (excluding diaryl/α,β-unsaturated/α-hetero) is 1. The number of aliphatic hydroxyl groups excluding tert-OH is 3. The first kappa shape index (κ1) is 42.6. The van der Waals surface area contributed by atoms with Gasteiger partial charge in [0, 0.05) is 30.0 Å². The van der Waals surface area contributed by atoms with Crippen molar-refractivity contribution in [3.05, 3.63) is 47.3 Å². The van der Waals surface area contributed by atoms with E-state index in [1.807, 2.05) is 18.4 Å². The topological polar surface area (TPSA) is 198 Å². The number of fused-ring (bicyclic) bond motifs is 3. The van der Waals surface area contributed by atoms with Gasteiger partial charge >= 0.3 is 0 Å². The Labute approximate surface area is 345 Å². The molecule has 0 amide bonds. The number of carbonyl (C=O) groups excluding carboxylic acids is 1. The van der Waals surface area contributed by atoms with Gasteiger partial charge in [-0.15, -0.1) is 0 Å². The van der Waals surface area contributed by atoms with Crippen LogP contribution in [0.25, 0.3) is 0 Å². The Bertz CT molecular complexity index is 1690. The smallest absolute Gasteiger partial charge is 0.182 e.